The highest BCUT2D eigenvalue weighted by molar-refractivity contribution is 7.89. The SMILES string of the molecule is CC1CN(C(=O)C2CCN(S(=O)(=O)c3cccc(C(F)(F)F)c3)CC2)CCO1. The lowest BCUT2D eigenvalue weighted by Gasteiger charge is -2.36. The first-order valence-corrected chi connectivity index (χ1v) is 10.6. The number of hydrogen-bond acceptors (Lipinski definition) is 4. The van der Waals surface area contributed by atoms with Gasteiger partial charge in [0.05, 0.1) is 23.2 Å². The number of alkyl halides is 3. The highest BCUT2D eigenvalue weighted by Crippen LogP contribution is 2.32. The van der Waals surface area contributed by atoms with Gasteiger partial charge in [-0.3, -0.25) is 4.79 Å². The molecular formula is C18H23F3N2O4S. The van der Waals surface area contributed by atoms with Gasteiger partial charge < -0.3 is 9.64 Å². The third-order valence-corrected chi connectivity index (χ3v) is 7.05. The van der Waals surface area contributed by atoms with Crippen LogP contribution in [-0.2, 0) is 25.7 Å². The van der Waals surface area contributed by atoms with E-state index < -0.39 is 21.8 Å². The topological polar surface area (TPSA) is 66.9 Å². The lowest BCUT2D eigenvalue weighted by molar-refractivity contribution is -0.143. The number of carbonyl (C=O) groups excluding carboxylic acids is 1. The number of sulfonamides is 1. The number of carbonyl (C=O) groups is 1. The molecule has 10 heteroatoms. The van der Waals surface area contributed by atoms with Gasteiger partial charge in [0.1, 0.15) is 0 Å². The Morgan fingerprint density at radius 1 is 1.18 bits per heavy atom. The van der Waals surface area contributed by atoms with Gasteiger partial charge in [-0.05, 0) is 38.0 Å². The lowest BCUT2D eigenvalue weighted by Crippen LogP contribution is -2.49. The third-order valence-electron chi connectivity index (χ3n) is 5.16. The van der Waals surface area contributed by atoms with E-state index in [2.05, 4.69) is 0 Å². The van der Waals surface area contributed by atoms with E-state index >= 15 is 0 Å². The molecule has 2 aliphatic rings. The average Bonchev–Trinajstić information content (AvgIpc) is 2.67. The van der Waals surface area contributed by atoms with E-state index in [1.54, 1.807) is 4.90 Å². The van der Waals surface area contributed by atoms with Crippen molar-refractivity contribution in [1.82, 2.24) is 9.21 Å². The van der Waals surface area contributed by atoms with Crippen molar-refractivity contribution in [3.63, 3.8) is 0 Å². The van der Waals surface area contributed by atoms with Crippen LogP contribution < -0.4 is 0 Å². The molecule has 0 bridgehead atoms. The van der Waals surface area contributed by atoms with Crippen molar-refractivity contribution in [2.24, 2.45) is 5.92 Å². The molecule has 2 saturated heterocycles. The summed E-state index contributed by atoms with van der Waals surface area (Å²) in [6.07, 6.45) is -3.94. The maximum atomic E-state index is 12.9. The van der Waals surface area contributed by atoms with Gasteiger partial charge in [-0.2, -0.15) is 17.5 Å². The molecule has 0 radical (unpaired) electrons. The van der Waals surface area contributed by atoms with E-state index in [-0.39, 0.29) is 35.9 Å². The molecule has 1 atom stereocenters. The predicted molar refractivity (Wildman–Crippen MR) is 94.9 cm³/mol. The molecule has 6 nitrogen and oxygen atoms in total. The summed E-state index contributed by atoms with van der Waals surface area (Å²) in [6, 6.07) is 3.75. The molecule has 0 aliphatic carbocycles. The molecule has 3 rings (SSSR count). The number of ether oxygens (including phenoxy) is 1. The molecule has 156 valence electrons. The Hall–Kier alpha value is -1.65. The highest BCUT2D eigenvalue weighted by atomic mass is 32.2. The van der Waals surface area contributed by atoms with Crippen LogP contribution in [0.15, 0.2) is 29.2 Å². The largest absolute Gasteiger partial charge is 0.416 e. The van der Waals surface area contributed by atoms with Gasteiger partial charge in [0.15, 0.2) is 0 Å². The molecule has 1 unspecified atom stereocenters. The van der Waals surface area contributed by atoms with E-state index in [1.807, 2.05) is 6.92 Å². The fourth-order valence-electron chi connectivity index (χ4n) is 3.60. The molecule has 28 heavy (non-hydrogen) atoms. The molecule has 0 saturated carbocycles. The van der Waals surface area contributed by atoms with Crippen LogP contribution in [0.3, 0.4) is 0 Å². The van der Waals surface area contributed by atoms with E-state index in [4.69, 9.17) is 4.74 Å². The minimum absolute atomic E-state index is 0.00809. The van der Waals surface area contributed by atoms with Crippen LogP contribution in [0.4, 0.5) is 13.2 Å². The van der Waals surface area contributed by atoms with Gasteiger partial charge in [-0.25, -0.2) is 8.42 Å². The number of benzene rings is 1. The van der Waals surface area contributed by atoms with Crippen molar-refractivity contribution in [3.05, 3.63) is 29.8 Å². The Morgan fingerprint density at radius 3 is 2.46 bits per heavy atom. The summed E-state index contributed by atoms with van der Waals surface area (Å²) in [7, 11) is -4.04. The highest BCUT2D eigenvalue weighted by Gasteiger charge is 2.36. The Balaban J connectivity index is 1.66. The molecule has 1 aromatic carbocycles. The van der Waals surface area contributed by atoms with Crippen LogP contribution in [0.25, 0.3) is 0 Å². The zero-order chi connectivity index (χ0) is 20.5. The molecule has 0 spiro atoms. The van der Waals surface area contributed by atoms with Crippen LogP contribution in [0.2, 0.25) is 0 Å². The van der Waals surface area contributed by atoms with Gasteiger partial charge in [-0.15, -0.1) is 0 Å². The Morgan fingerprint density at radius 2 is 1.86 bits per heavy atom. The standard InChI is InChI=1S/C18H23F3N2O4S/c1-13-12-22(9-10-27-13)17(24)14-5-7-23(8-6-14)28(25,26)16-4-2-3-15(11-16)18(19,20)21/h2-4,11,13-14H,5-10,12H2,1H3. The first-order chi connectivity index (χ1) is 13.1. The molecule has 2 heterocycles. The molecule has 0 aromatic heterocycles. The maximum absolute atomic E-state index is 12.9. The average molecular weight is 420 g/mol. The van der Waals surface area contributed by atoms with Gasteiger partial charge >= 0.3 is 6.18 Å². The van der Waals surface area contributed by atoms with Crippen molar-refractivity contribution < 1.29 is 31.1 Å². The fraction of sp³-hybridized carbons (Fsp3) is 0.611. The third kappa shape index (κ3) is 4.49. The van der Waals surface area contributed by atoms with Crippen molar-refractivity contribution in [2.75, 3.05) is 32.8 Å². The summed E-state index contributed by atoms with van der Waals surface area (Å²) in [5.74, 6) is -0.287. The number of amides is 1. The smallest absolute Gasteiger partial charge is 0.375 e. The quantitative estimate of drug-likeness (QED) is 0.753. The first-order valence-electron chi connectivity index (χ1n) is 9.17. The molecule has 1 aromatic rings. The predicted octanol–water partition coefficient (Wildman–Crippen LogP) is 2.35. The second-order valence-corrected chi connectivity index (χ2v) is 9.11. The molecule has 1 amide bonds. The number of rotatable bonds is 3. The number of piperidine rings is 1. The summed E-state index contributed by atoms with van der Waals surface area (Å²) >= 11 is 0. The van der Waals surface area contributed by atoms with Crippen LogP contribution >= 0.6 is 0 Å². The number of halogens is 3. The summed E-state index contributed by atoms with van der Waals surface area (Å²) in [5, 5.41) is 0. The summed E-state index contributed by atoms with van der Waals surface area (Å²) < 4.78 is 70.7. The number of morpholine rings is 1. The van der Waals surface area contributed by atoms with Crippen molar-refractivity contribution in [1.29, 1.82) is 0 Å². The second-order valence-electron chi connectivity index (χ2n) is 7.17. The van der Waals surface area contributed by atoms with Crippen molar-refractivity contribution >= 4 is 15.9 Å². The fourth-order valence-corrected chi connectivity index (χ4v) is 5.12. The second kappa shape index (κ2) is 8.00. The normalized spacial score (nSPS) is 23.0. The maximum Gasteiger partial charge on any atom is 0.416 e. The van der Waals surface area contributed by atoms with Crippen LogP contribution in [0.1, 0.15) is 25.3 Å². The van der Waals surface area contributed by atoms with Crippen molar-refractivity contribution in [3.8, 4) is 0 Å². The van der Waals surface area contributed by atoms with Crippen LogP contribution in [-0.4, -0.2) is 62.4 Å². The molecular weight excluding hydrogens is 397 g/mol. The Kier molecular flexibility index (Phi) is 6.02. The molecule has 0 N–H and O–H groups in total. The first kappa shape index (κ1) is 21.1. The summed E-state index contributed by atoms with van der Waals surface area (Å²) in [4.78, 5) is 14.0. The van der Waals surface area contributed by atoms with E-state index in [9.17, 15) is 26.4 Å². The lowest BCUT2D eigenvalue weighted by atomic mass is 9.96. The molecule has 2 fully saturated rings. The monoisotopic (exact) mass is 420 g/mol. The zero-order valence-corrected chi connectivity index (χ0v) is 16.3. The van der Waals surface area contributed by atoms with Crippen LogP contribution in [0, 0.1) is 5.92 Å². The van der Waals surface area contributed by atoms with Crippen LogP contribution in [0.5, 0.6) is 0 Å². The Labute approximate surface area is 162 Å². The van der Waals surface area contributed by atoms with Gasteiger partial charge in [0.2, 0.25) is 15.9 Å². The summed E-state index contributed by atoms with van der Waals surface area (Å²) in [6.45, 7) is 3.62. The minimum Gasteiger partial charge on any atom is -0.375 e. The van der Waals surface area contributed by atoms with Crippen molar-refractivity contribution in [2.45, 2.75) is 36.9 Å². The van der Waals surface area contributed by atoms with Gasteiger partial charge in [0.25, 0.3) is 0 Å². The Bertz CT molecular complexity index is 820. The van der Waals surface area contributed by atoms with Gasteiger partial charge in [0, 0.05) is 32.1 Å². The van der Waals surface area contributed by atoms with E-state index in [0.29, 0.717) is 38.6 Å². The zero-order valence-electron chi connectivity index (χ0n) is 15.5. The van der Waals surface area contributed by atoms with E-state index in [0.717, 1.165) is 22.5 Å². The summed E-state index contributed by atoms with van der Waals surface area (Å²) in [5.41, 5.74) is -1.000. The number of hydrogen-bond donors (Lipinski definition) is 0. The minimum atomic E-state index is -4.61. The molecule has 2 aliphatic heterocycles. The number of nitrogens with zero attached hydrogens (tertiary/aromatic N) is 2. The van der Waals surface area contributed by atoms with E-state index in [1.165, 1.54) is 0 Å². The van der Waals surface area contributed by atoms with Gasteiger partial charge in [-0.1, -0.05) is 6.07 Å².